The molecule has 0 aromatic heterocycles. The Morgan fingerprint density at radius 3 is 2.20 bits per heavy atom. The minimum Gasteiger partial charge on any atom is -0.359 e. The number of hydrogen-bond acceptors (Lipinski definition) is 2. The van der Waals surface area contributed by atoms with Crippen LogP contribution in [0.25, 0.3) is 0 Å². The third kappa shape index (κ3) is 2.35. The fourth-order valence-electron chi connectivity index (χ4n) is 0.867. The van der Waals surface area contributed by atoms with Crippen molar-refractivity contribution in [2.45, 2.75) is 13.8 Å². The third-order valence-electron chi connectivity index (χ3n) is 1.64. The molecule has 0 aliphatic carbocycles. The summed E-state index contributed by atoms with van der Waals surface area (Å²) in [7, 11) is 1.63. The Morgan fingerprint density at radius 1 is 1.60 bits per heavy atom. The molecule has 1 amide bonds. The Hall–Kier alpha value is -0.570. The van der Waals surface area contributed by atoms with Gasteiger partial charge in [0.25, 0.3) is 0 Å². The monoisotopic (exact) mass is 144 g/mol. The molecule has 0 rings (SSSR count). The maximum atomic E-state index is 11.0. The number of nitrogens with one attached hydrogen (secondary N) is 1. The Kier molecular flexibility index (Phi) is 4.03. The minimum absolute atomic E-state index is 0.0370. The van der Waals surface area contributed by atoms with Gasteiger partial charge in [-0.05, 0) is 5.92 Å². The zero-order valence-corrected chi connectivity index (χ0v) is 6.85. The van der Waals surface area contributed by atoms with E-state index in [2.05, 4.69) is 5.32 Å². The van der Waals surface area contributed by atoms with Crippen molar-refractivity contribution in [3.05, 3.63) is 0 Å². The van der Waals surface area contributed by atoms with Crippen LogP contribution in [0.15, 0.2) is 0 Å². The van der Waals surface area contributed by atoms with Crippen molar-refractivity contribution >= 4 is 5.91 Å². The highest BCUT2D eigenvalue weighted by atomic mass is 16.1. The Morgan fingerprint density at radius 2 is 2.10 bits per heavy atom. The van der Waals surface area contributed by atoms with Gasteiger partial charge >= 0.3 is 0 Å². The average Bonchev–Trinajstić information content (AvgIpc) is 1.88. The molecule has 1 atom stereocenters. The van der Waals surface area contributed by atoms with Crippen LogP contribution in [0.4, 0.5) is 0 Å². The second-order valence-electron chi connectivity index (χ2n) is 2.70. The minimum atomic E-state index is -0.0370. The van der Waals surface area contributed by atoms with Gasteiger partial charge in [-0.15, -0.1) is 0 Å². The van der Waals surface area contributed by atoms with Crippen molar-refractivity contribution in [2.24, 2.45) is 17.6 Å². The molecule has 60 valence electrons. The van der Waals surface area contributed by atoms with Gasteiger partial charge in [0.05, 0.1) is 5.92 Å². The van der Waals surface area contributed by atoms with E-state index in [0.717, 1.165) is 0 Å². The Bertz CT molecular complexity index is 112. The van der Waals surface area contributed by atoms with Crippen LogP contribution < -0.4 is 11.1 Å². The average molecular weight is 144 g/mol. The molecular formula is C7H16N2O. The summed E-state index contributed by atoms with van der Waals surface area (Å²) in [6.45, 7) is 4.41. The molecule has 0 spiro atoms. The summed E-state index contributed by atoms with van der Waals surface area (Å²) in [6, 6.07) is 0. The molecule has 0 saturated heterocycles. The van der Waals surface area contributed by atoms with Gasteiger partial charge in [0.15, 0.2) is 0 Å². The van der Waals surface area contributed by atoms with Crippen molar-refractivity contribution in [1.82, 2.24) is 5.32 Å². The van der Waals surface area contributed by atoms with Crippen molar-refractivity contribution in [3.8, 4) is 0 Å². The molecule has 3 N–H and O–H groups in total. The summed E-state index contributed by atoms with van der Waals surface area (Å²) >= 11 is 0. The highest BCUT2D eigenvalue weighted by molar-refractivity contribution is 5.78. The van der Waals surface area contributed by atoms with E-state index in [1.165, 1.54) is 0 Å². The molecule has 0 aliphatic rings. The van der Waals surface area contributed by atoms with E-state index in [1.54, 1.807) is 7.05 Å². The quantitative estimate of drug-likeness (QED) is 0.584. The second-order valence-corrected chi connectivity index (χ2v) is 2.70. The number of carbonyl (C=O) groups is 1. The normalized spacial score (nSPS) is 13.3. The van der Waals surface area contributed by atoms with Gasteiger partial charge in [-0.1, -0.05) is 13.8 Å². The van der Waals surface area contributed by atoms with Crippen LogP contribution in [0.3, 0.4) is 0 Å². The van der Waals surface area contributed by atoms with Crippen LogP contribution >= 0.6 is 0 Å². The first-order valence-corrected chi connectivity index (χ1v) is 3.55. The molecule has 1 unspecified atom stereocenters. The van der Waals surface area contributed by atoms with Gasteiger partial charge in [0.2, 0.25) is 5.91 Å². The maximum Gasteiger partial charge on any atom is 0.224 e. The summed E-state index contributed by atoms with van der Waals surface area (Å²) in [5, 5.41) is 2.58. The van der Waals surface area contributed by atoms with Crippen LogP contribution in [0.1, 0.15) is 13.8 Å². The Labute approximate surface area is 62.0 Å². The lowest BCUT2D eigenvalue weighted by Crippen LogP contribution is -2.35. The van der Waals surface area contributed by atoms with Crippen LogP contribution in [-0.2, 0) is 4.79 Å². The number of amides is 1. The zero-order valence-electron chi connectivity index (χ0n) is 6.85. The number of hydrogen-bond donors (Lipinski definition) is 2. The van der Waals surface area contributed by atoms with E-state index in [4.69, 9.17) is 5.73 Å². The fraction of sp³-hybridized carbons (Fsp3) is 0.857. The van der Waals surface area contributed by atoms with Gasteiger partial charge in [-0.3, -0.25) is 4.79 Å². The van der Waals surface area contributed by atoms with Gasteiger partial charge in [-0.2, -0.15) is 0 Å². The van der Waals surface area contributed by atoms with E-state index >= 15 is 0 Å². The first-order chi connectivity index (χ1) is 4.63. The van der Waals surface area contributed by atoms with Crippen molar-refractivity contribution < 1.29 is 4.79 Å². The lowest BCUT2D eigenvalue weighted by Gasteiger charge is -2.16. The summed E-state index contributed by atoms with van der Waals surface area (Å²) in [6.07, 6.45) is 0. The van der Waals surface area contributed by atoms with E-state index < -0.39 is 0 Å². The van der Waals surface area contributed by atoms with Gasteiger partial charge in [0.1, 0.15) is 0 Å². The molecule has 0 fully saturated rings. The lowest BCUT2D eigenvalue weighted by atomic mass is 9.95. The third-order valence-corrected chi connectivity index (χ3v) is 1.64. The number of nitrogens with two attached hydrogens (primary N) is 1. The van der Waals surface area contributed by atoms with Gasteiger partial charge in [0, 0.05) is 13.6 Å². The molecule has 3 nitrogen and oxygen atoms in total. The second kappa shape index (κ2) is 4.28. The van der Waals surface area contributed by atoms with E-state index in [0.29, 0.717) is 12.5 Å². The van der Waals surface area contributed by atoms with Crippen LogP contribution in [0, 0.1) is 11.8 Å². The smallest absolute Gasteiger partial charge is 0.224 e. The summed E-state index contributed by atoms with van der Waals surface area (Å²) in [5.74, 6) is 0.326. The highest BCUT2D eigenvalue weighted by Gasteiger charge is 2.18. The predicted octanol–water partition coefficient (Wildman–Crippen LogP) is -0.0367. The van der Waals surface area contributed by atoms with Crippen molar-refractivity contribution in [2.75, 3.05) is 13.6 Å². The largest absolute Gasteiger partial charge is 0.359 e. The first kappa shape index (κ1) is 9.43. The van der Waals surface area contributed by atoms with E-state index in [1.807, 2.05) is 13.8 Å². The first-order valence-electron chi connectivity index (χ1n) is 3.55. The molecule has 3 heteroatoms. The summed E-state index contributed by atoms with van der Waals surface area (Å²) < 4.78 is 0. The molecule has 0 heterocycles. The number of rotatable bonds is 3. The summed E-state index contributed by atoms with van der Waals surface area (Å²) in [4.78, 5) is 11.0. The topological polar surface area (TPSA) is 55.1 Å². The SMILES string of the molecule is CNC(=O)C(CN)C(C)C. The summed E-state index contributed by atoms with van der Waals surface area (Å²) in [5.41, 5.74) is 5.39. The highest BCUT2D eigenvalue weighted by Crippen LogP contribution is 2.07. The van der Waals surface area contributed by atoms with E-state index in [-0.39, 0.29) is 11.8 Å². The zero-order chi connectivity index (χ0) is 8.15. The number of carbonyl (C=O) groups excluding carboxylic acids is 1. The van der Waals surface area contributed by atoms with Crippen LogP contribution in [0.2, 0.25) is 0 Å². The van der Waals surface area contributed by atoms with Gasteiger partial charge in [-0.25, -0.2) is 0 Å². The Balaban J connectivity index is 3.93. The molecule has 0 bridgehead atoms. The predicted molar refractivity (Wildman–Crippen MR) is 41.4 cm³/mol. The van der Waals surface area contributed by atoms with Gasteiger partial charge < -0.3 is 11.1 Å². The molecule has 10 heavy (non-hydrogen) atoms. The molecule has 0 aromatic rings. The van der Waals surface area contributed by atoms with Crippen molar-refractivity contribution in [3.63, 3.8) is 0 Å². The molecule has 0 aromatic carbocycles. The van der Waals surface area contributed by atoms with E-state index in [9.17, 15) is 4.79 Å². The lowest BCUT2D eigenvalue weighted by molar-refractivity contribution is -0.125. The maximum absolute atomic E-state index is 11.0. The standard InChI is InChI=1S/C7H16N2O/c1-5(2)6(4-8)7(10)9-3/h5-6H,4,8H2,1-3H3,(H,9,10). The molecule has 0 radical (unpaired) electrons. The molecular weight excluding hydrogens is 128 g/mol. The van der Waals surface area contributed by atoms with Crippen LogP contribution in [-0.4, -0.2) is 19.5 Å². The van der Waals surface area contributed by atoms with Crippen LogP contribution in [0.5, 0.6) is 0 Å². The van der Waals surface area contributed by atoms with Crippen molar-refractivity contribution in [1.29, 1.82) is 0 Å². The molecule has 0 saturated carbocycles. The fourth-order valence-corrected chi connectivity index (χ4v) is 0.867. The molecule has 0 aliphatic heterocycles.